The zero-order chi connectivity index (χ0) is 7.40. The van der Waals surface area contributed by atoms with E-state index in [1.54, 1.807) is 6.08 Å². The summed E-state index contributed by atoms with van der Waals surface area (Å²) in [5.41, 5.74) is 4.79. The summed E-state index contributed by atoms with van der Waals surface area (Å²) in [6, 6.07) is 1.95. The molecular formula is C9H9N. The van der Waals surface area contributed by atoms with Crippen molar-refractivity contribution >= 4 is 12.2 Å². The van der Waals surface area contributed by atoms with E-state index >= 15 is 0 Å². The van der Waals surface area contributed by atoms with Crippen LogP contribution in [-0.2, 0) is 0 Å². The van der Waals surface area contributed by atoms with Crippen LogP contribution in [0.2, 0.25) is 0 Å². The monoisotopic (exact) mass is 131 g/mol. The third-order valence-corrected chi connectivity index (χ3v) is 1.27. The van der Waals surface area contributed by atoms with E-state index in [1.165, 1.54) is 0 Å². The number of aromatic nitrogens is 1. The second kappa shape index (κ2) is 2.90. The van der Waals surface area contributed by atoms with Crippen LogP contribution < -0.4 is 0 Å². The molecule has 1 aromatic heterocycles. The average Bonchev–Trinajstić information content (AvgIpc) is 2.36. The zero-order valence-corrected chi connectivity index (χ0v) is 5.72. The topological polar surface area (TPSA) is 15.8 Å². The first kappa shape index (κ1) is 6.66. The van der Waals surface area contributed by atoms with Crippen molar-refractivity contribution < 1.29 is 0 Å². The summed E-state index contributed by atoms with van der Waals surface area (Å²) in [5.74, 6) is 0. The van der Waals surface area contributed by atoms with Crippen LogP contribution in [0.25, 0.3) is 12.2 Å². The van der Waals surface area contributed by atoms with Gasteiger partial charge in [-0.1, -0.05) is 13.2 Å². The molecule has 1 heterocycles. The number of rotatable bonds is 2. The Kier molecular flexibility index (Phi) is 1.93. The minimum atomic E-state index is 1.01. The van der Waals surface area contributed by atoms with Crippen LogP contribution in [0.15, 0.2) is 31.2 Å². The first-order valence-corrected chi connectivity index (χ1v) is 3.04. The summed E-state index contributed by atoms with van der Waals surface area (Å²) in [4.78, 5) is 3.02. The zero-order valence-electron chi connectivity index (χ0n) is 5.72. The van der Waals surface area contributed by atoms with Gasteiger partial charge in [-0.3, -0.25) is 0 Å². The lowest BCUT2D eigenvalue weighted by Crippen LogP contribution is -1.71. The fraction of sp³-hybridized carbons (Fsp3) is 0. The molecule has 0 unspecified atom stereocenters. The van der Waals surface area contributed by atoms with Gasteiger partial charge in [-0.2, -0.15) is 0 Å². The molecule has 0 aliphatic rings. The van der Waals surface area contributed by atoms with Gasteiger partial charge in [0, 0.05) is 17.5 Å². The van der Waals surface area contributed by atoms with Gasteiger partial charge in [0.15, 0.2) is 0 Å². The minimum Gasteiger partial charge on any atom is -0.361 e. The highest BCUT2D eigenvalue weighted by Crippen LogP contribution is 2.08. The van der Waals surface area contributed by atoms with Gasteiger partial charge in [0.25, 0.3) is 0 Å². The third-order valence-electron chi connectivity index (χ3n) is 1.27. The van der Waals surface area contributed by atoms with Gasteiger partial charge in [0.2, 0.25) is 0 Å². The Bertz CT molecular complexity index is 275. The average molecular weight is 131 g/mol. The number of H-pyrrole nitrogens is 1. The van der Waals surface area contributed by atoms with Crippen LogP contribution in [0.1, 0.15) is 11.3 Å². The summed E-state index contributed by atoms with van der Waals surface area (Å²) in [5, 5.41) is 0. The van der Waals surface area contributed by atoms with Crippen molar-refractivity contribution in [3.8, 4) is 0 Å². The molecule has 0 aliphatic heterocycles. The summed E-state index contributed by atoms with van der Waals surface area (Å²) in [6.07, 6.45) is 5.44. The van der Waals surface area contributed by atoms with E-state index in [1.807, 2.05) is 18.3 Å². The van der Waals surface area contributed by atoms with Crippen LogP contribution in [-0.4, -0.2) is 4.98 Å². The predicted octanol–water partition coefficient (Wildman–Crippen LogP) is 2.46. The van der Waals surface area contributed by atoms with Crippen LogP contribution >= 0.6 is 0 Å². The Morgan fingerprint density at radius 3 is 3.00 bits per heavy atom. The van der Waals surface area contributed by atoms with Gasteiger partial charge in [0.05, 0.1) is 0 Å². The highest BCUT2D eigenvalue weighted by molar-refractivity contribution is 5.61. The highest BCUT2D eigenvalue weighted by atomic mass is 14.7. The van der Waals surface area contributed by atoms with Crippen molar-refractivity contribution in [1.82, 2.24) is 4.98 Å². The molecular weight excluding hydrogens is 122 g/mol. The number of hydrogen-bond donors (Lipinski definition) is 1. The van der Waals surface area contributed by atoms with Crippen molar-refractivity contribution in [3.05, 3.63) is 42.4 Å². The molecule has 0 saturated carbocycles. The lowest BCUT2D eigenvalue weighted by Gasteiger charge is -1.86. The fourth-order valence-corrected chi connectivity index (χ4v) is 0.807. The highest BCUT2D eigenvalue weighted by Gasteiger charge is 1.92. The standard InChI is InChI=1S/C9H9N/c1-3-5-8-6-7-10-9(8)4-2/h4-7,10H,1-2H2. The quantitative estimate of drug-likeness (QED) is 0.593. The molecule has 0 atom stereocenters. The maximum absolute atomic E-state index is 3.65. The van der Waals surface area contributed by atoms with Gasteiger partial charge >= 0.3 is 0 Å². The third kappa shape index (κ3) is 1.09. The van der Waals surface area contributed by atoms with Gasteiger partial charge in [0.1, 0.15) is 0 Å². The van der Waals surface area contributed by atoms with Crippen LogP contribution in [0.5, 0.6) is 0 Å². The van der Waals surface area contributed by atoms with E-state index in [4.69, 9.17) is 0 Å². The molecule has 1 heteroatoms. The number of aromatic amines is 1. The van der Waals surface area contributed by atoms with Crippen molar-refractivity contribution in [2.24, 2.45) is 0 Å². The van der Waals surface area contributed by atoms with E-state index in [0.717, 1.165) is 11.3 Å². The van der Waals surface area contributed by atoms with Gasteiger partial charge < -0.3 is 4.98 Å². The predicted molar refractivity (Wildman–Crippen MR) is 44.5 cm³/mol. The maximum Gasteiger partial charge on any atom is 0.0454 e. The van der Waals surface area contributed by atoms with Crippen LogP contribution in [0, 0.1) is 0 Å². The Labute approximate surface area is 60.4 Å². The smallest absolute Gasteiger partial charge is 0.0454 e. The van der Waals surface area contributed by atoms with E-state index in [-0.39, 0.29) is 0 Å². The normalized spacial score (nSPS) is 8.40. The lowest BCUT2D eigenvalue weighted by molar-refractivity contribution is 1.37. The van der Waals surface area contributed by atoms with E-state index in [2.05, 4.69) is 23.9 Å². The van der Waals surface area contributed by atoms with Crippen molar-refractivity contribution in [2.45, 2.75) is 0 Å². The number of nitrogens with one attached hydrogen (secondary N) is 1. The summed E-state index contributed by atoms with van der Waals surface area (Å²) in [6.45, 7) is 7.13. The van der Waals surface area contributed by atoms with Gasteiger partial charge in [-0.25, -0.2) is 0 Å². The van der Waals surface area contributed by atoms with E-state index in [9.17, 15) is 0 Å². The fourth-order valence-electron chi connectivity index (χ4n) is 0.807. The SMILES string of the molecule is C=C=Cc1cc[nH]c1C=C. The van der Waals surface area contributed by atoms with Crippen molar-refractivity contribution in [3.63, 3.8) is 0 Å². The second-order valence-corrected chi connectivity index (χ2v) is 1.90. The molecule has 0 aromatic carbocycles. The molecule has 0 spiro atoms. The molecule has 10 heavy (non-hydrogen) atoms. The molecule has 0 fully saturated rings. The molecule has 50 valence electrons. The Balaban J connectivity index is 3.12. The molecule has 0 saturated heterocycles. The van der Waals surface area contributed by atoms with Gasteiger partial charge in [-0.15, -0.1) is 5.73 Å². The summed E-state index contributed by atoms with van der Waals surface area (Å²) >= 11 is 0. The molecule has 0 aliphatic carbocycles. The van der Waals surface area contributed by atoms with E-state index in [0.29, 0.717) is 0 Å². The molecule has 1 N–H and O–H groups in total. The largest absolute Gasteiger partial charge is 0.361 e. The molecule has 0 radical (unpaired) electrons. The van der Waals surface area contributed by atoms with Crippen molar-refractivity contribution in [2.75, 3.05) is 0 Å². The summed E-state index contributed by atoms with van der Waals surface area (Å²) in [7, 11) is 0. The van der Waals surface area contributed by atoms with Crippen molar-refractivity contribution in [1.29, 1.82) is 0 Å². The first-order valence-electron chi connectivity index (χ1n) is 3.04. The van der Waals surface area contributed by atoms with E-state index < -0.39 is 0 Å². The minimum absolute atomic E-state index is 1.01. The first-order chi connectivity index (χ1) is 4.88. The lowest BCUT2D eigenvalue weighted by atomic mass is 10.2. The Morgan fingerprint density at radius 2 is 2.40 bits per heavy atom. The molecule has 0 amide bonds. The molecule has 1 aromatic rings. The van der Waals surface area contributed by atoms with Crippen LogP contribution in [0.4, 0.5) is 0 Å². The van der Waals surface area contributed by atoms with Gasteiger partial charge in [-0.05, 0) is 18.2 Å². The summed E-state index contributed by atoms with van der Waals surface area (Å²) < 4.78 is 0. The molecule has 1 rings (SSSR count). The number of hydrogen-bond acceptors (Lipinski definition) is 0. The Morgan fingerprint density at radius 1 is 1.60 bits per heavy atom. The van der Waals surface area contributed by atoms with Crippen LogP contribution in [0.3, 0.4) is 0 Å². The maximum atomic E-state index is 3.65. The Hall–Kier alpha value is -1.46. The second-order valence-electron chi connectivity index (χ2n) is 1.90. The molecule has 1 nitrogen and oxygen atoms in total. The molecule has 0 bridgehead atoms.